The molecule has 3 rings (SSSR count). The number of halogens is 3. The van der Waals surface area contributed by atoms with E-state index in [9.17, 15) is 27.6 Å². The van der Waals surface area contributed by atoms with Crippen LogP contribution in [0.2, 0.25) is 0 Å². The van der Waals surface area contributed by atoms with Crippen LogP contribution in [0.15, 0.2) is 48.5 Å². The van der Waals surface area contributed by atoms with E-state index in [1.807, 2.05) is 0 Å². The van der Waals surface area contributed by atoms with Crippen molar-refractivity contribution in [2.75, 3.05) is 11.9 Å². The van der Waals surface area contributed by atoms with Crippen LogP contribution in [0.3, 0.4) is 0 Å². The highest BCUT2D eigenvalue weighted by molar-refractivity contribution is 6.43. The Morgan fingerprint density at radius 3 is 2.47 bits per heavy atom. The smallest absolute Gasteiger partial charge is 0.340 e. The number of amides is 2. The minimum Gasteiger partial charge on any atom is -0.340 e. The quantitative estimate of drug-likeness (QED) is 0.329. The molecule has 2 amide bonds. The molecule has 34 heavy (non-hydrogen) atoms. The van der Waals surface area contributed by atoms with E-state index in [1.54, 1.807) is 24.3 Å². The van der Waals surface area contributed by atoms with Crippen LogP contribution in [0.1, 0.15) is 32.9 Å². The molecule has 0 bridgehead atoms. The SMILES string of the molecule is C#Cc1cccc(NC(=O)CNC(=O)C(=O)c2c(C)nn(-c3cccc(C(F)(F)F)c3)c2C)c1. The van der Waals surface area contributed by atoms with Gasteiger partial charge >= 0.3 is 6.18 Å². The van der Waals surface area contributed by atoms with Crippen molar-refractivity contribution in [2.45, 2.75) is 20.0 Å². The summed E-state index contributed by atoms with van der Waals surface area (Å²) in [5.41, 5.74) is 0.483. The Morgan fingerprint density at radius 2 is 1.79 bits per heavy atom. The first-order chi connectivity index (χ1) is 16.0. The summed E-state index contributed by atoms with van der Waals surface area (Å²) >= 11 is 0. The maximum atomic E-state index is 13.1. The van der Waals surface area contributed by atoms with Gasteiger partial charge in [0.2, 0.25) is 5.91 Å². The molecule has 0 radical (unpaired) electrons. The third kappa shape index (κ3) is 5.32. The number of aromatic nitrogens is 2. The second-order valence-corrected chi connectivity index (χ2v) is 7.29. The van der Waals surface area contributed by atoms with Gasteiger partial charge in [0.1, 0.15) is 0 Å². The molecule has 0 atom stereocenters. The molecule has 10 heteroatoms. The van der Waals surface area contributed by atoms with E-state index in [4.69, 9.17) is 6.42 Å². The summed E-state index contributed by atoms with van der Waals surface area (Å²) in [4.78, 5) is 37.2. The number of carbonyl (C=O) groups is 3. The molecule has 0 aliphatic rings. The summed E-state index contributed by atoms with van der Waals surface area (Å²) in [6.07, 6.45) is 0.764. The normalized spacial score (nSPS) is 10.9. The fraction of sp³-hybridized carbons (Fsp3) is 0.167. The number of nitrogens with zero attached hydrogens (tertiary/aromatic N) is 2. The Balaban J connectivity index is 1.72. The van der Waals surface area contributed by atoms with Crippen LogP contribution in [0.4, 0.5) is 18.9 Å². The number of alkyl halides is 3. The van der Waals surface area contributed by atoms with Gasteiger partial charge < -0.3 is 10.6 Å². The van der Waals surface area contributed by atoms with Gasteiger partial charge in [-0.3, -0.25) is 14.4 Å². The van der Waals surface area contributed by atoms with Gasteiger partial charge in [-0.15, -0.1) is 6.42 Å². The summed E-state index contributed by atoms with van der Waals surface area (Å²) in [5, 5.41) is 8.91. The second-order valence-electron chi connectivity index (χ2n) is 7.29. The number of hydrogen-bond acceptors (Lipinski definition) is 4. The Kier molecular flexibility index (Phi) is 6.86. The maximum Gasteiger partial charge on any atom is 0.416 e. The summed E-state index contributed by atoms with van der Waals surface area (Å²) in [7, 11) is 0. The first-order valence-electron chi connectivity index (χ1n) is 9.94. The van der Waals surface area contributed by atoms with Crippen molar-refractivity contribution in [3.8, 4) is 18.0 Å². The Labute approximate surface area is 193 Å². The molecule has 0 fully saturated rings. The molecule has 1 heterocycles. The molecular weight excluding hydrogens is 449 g/mol. The molecular formula is C24H19F3N4O3. The van der Waals surface area contributed by atoms with E-state index in [1.165, 1.54) is 26.0 Å². The molecule has 0 unspecified atom stereocenters. The van der Waals surface area contributed by atoms with Crippen molar-refractivity contribution in [1.29, 1.82) is 0 Å². The lowest BCUT2D eigenvalue weighted by molar-refractivity contribution is -0.137. The number of nitrogens with one attached hydrogen (secondary N) is 2. The Morgan fingerprint density at radius 1 is 1.09 bits per heavy atom. The van der Waals surface area contributed by atoms with Gasteiger partial charge in [0, 0.05) is 11.3 Å². The van der Waals surface area contributed by atoms with Crippen LogP contribution in [0.25, 0.3) is 5.69 Å². The molecule has 2 aromatic carbocycles. The summed E-state index contributed by atoms with van der Waals surface area (Å²) < 4.78 is 40.3. The van der Waals surface area contributed by atoms with E-state index >= 15 is 0 Å². The van der Waals surface area contributed by atoms with Crippen molar-refractivity contribution >= 4 is 23.3 Å². The van der Waals surface area contributed by atoms with Gasteiger partial charge in [-0.2, -0.15) is 18.3 Å². The zero-order valence-corrected chi connectivity index (χ0v) is 18.2. The van der Waals surface area contributed by atoms with E-state index in [0.717, 1.165) is 16.8 Å². The van der Waals surface area contributed by atoms with Crippen LogP contribution in [0.5, 0.6) is 0 Å². The molecule has 1 aromatic heterocycles. The fourth-order valence-electron chi connectivity index (χ4n) is 3.28. The molecule has 0 saturated heterocycles. The topological polar surface area (TPSA) is 93.1 Å². The van der Waals surface area contributed by atoms with Crippen molar-refractivity contribution in [3.05, 3.63) is 76.6 Å². The molecule has 7 nitrogen and oxygen atoms in total. The van der Waals surface area contributed by atoms with Crippen LogP contribution in [0, 0.1) is 26.2 Å². The van der Waals surface area contributed by atoms with Crippen molar-refractivity contribution in [1.82, 2.24) is 15.1 Å². The second kappa shape index (κ2) is 9.62. The maximum absolute atomic E-state index is 13.1. The Hall–Kier alpha value is -4.39. The average molecular weight is 468 g/mol. The van der Waals surface area contributed by atoms with E-state index < -0.39 is 35.9 Å². The standard InChI is InChI=1S/C24H19F3N4O3/c1-4-16-7-5-9-18(11-16)29-20(32)13-28-23(34)22(33)21-14(2)30-31(15(21)3)19-10-6-8-17(12-19)24(25,26)27/h1,5-12H,13H2,2-3H3,(H,28,34)(H,29,32). The lowest BCUT2D eigenvalue weighted by atomic mass is 10.1. The summed E-state index contributed by atoms with van der Waals surface area (Å²) in [6, 6.07) is 11.0. The fourth-order valence-corrected chi connectivity index (χ4v) is 3.28. The molecule has 3 aromatic rings. The molecule has 0 spiro atoms. The van der Waals surface area contributed by atoms with Gasteiger partial charge in [0.05, 0.1) is 34.7 Å². The predicted octanol–water partition coefficient (Wildman–Crippen LogP) is 3.43. The molecule has 0 saturated carbocycles. The van der Waals surface area contributed by atoms with Gasteiger partial charge in [0.15, 0.2) is 0 Å². The number of carbonyl (C=O) groups excluding carboxylic acids is 3. The van der Waals surface area contributed by atoms with Gasteiger partial charge in [-0.1, -0.05) is 18.1 Å². The van der Waals surface area contributed by atoms with Crippen molar-refractivity contribution < 1.29 is 27.6 Å². The lowest BCUT2D eigenvalue weighted by Gasteiger charge is -2.10. The highest BCUT2D eigenvalue weighted by Crippen LogP contribution is 2.31. The highest BCUT2D eigenvalue weighted by Gasteiger charge is 2.31. The lowest BCUT2D eigenvalue weighted by Crippen LogP contribution is -2.37. The van der Waals surface area contributed by atoms with Crippen molar-refractivity contribution in [2.24, 2.45) is 0 Å². The van der Waals surface area contributed by atoms with Gasteiger partial charge in [-0.25, -0.2) is 4.68 Å². The minimum absolute atomic E-state index is 0.0583. The first-order valence-corrected chi connectivity index (χ1v) is 9.94. The number of benzene rings is 2. The van der Waals surface area contributed by atoms with Crippen LogP contribution in [-0.4, -0.2) is 33.9 Å². The zero-order valence-electron chi connectivity index (χ0n) is 18.2. The number of hydrogen-bond donors (Lipinski definition) is 2. The zero-order chi connectivity index (χ0) is 25.0. The predicted molar refractivity (Wildman–Crippen MR) is 118 cm³/mol. The number of anilines is 1. The number of Topliss-reactive ketones (excluding diaryl/α,β-unsaturated/α-hetero) is 1. The molecule has 0 aliphatic heterocycles. The van der Waals surface area contributed by atoms with Crippen LogP contribution >= 0.6 is 0 Å². The van der Waals surface area contributed by atoms with E-state index in [0.29, 0.717) is 11.3 Å². The monoisotopic (exact) mass is 468 g/mol. The Bertz CT molecular complexity index is 1320. The highest BCUT2D eigenvalue weighted by atomic mass is 19.4. The summed E-state index contributed by atoms with van der Waals surface area (Å²) in [5.74, 6) is -0.167. The number of terminal acetylenes is 1. The molecule has 174 valence electrons. The van der Waals surface area contributed by atoms with Crippen LogP contribution < -0.4 is 10.6 Å². The molecule has 0 aliphatic carbocycles. The van der Waals surface area contributed by atoms with Gasteiger partial charge in [-0.05, 0) is 50.2 Å². The van der Waals surface area contributed by atoms with E-state index in [-0.39, 0.29) is 22.6 Å². The van der Waals surface area contributed by atoms with Crippen molar-refractivity contribution in [3.63, 3.8) is 0 Å². The number of rotatable bonds is 6. The first kappa shape index (κ1) is 24.3. The third-order valence-electron chi connectivity index (χ3n) is 4.87. The average Bonchev–Trinajstić information content (AvgIpc) is 3.10. The number of aryl methyl sites for hydroxylation is 1. The third-order valence-corrected chi connectivity index (χ3v) is 4.87. The van der Waals surface area contributed by atoms with E-state index in [2.05, 4.69) is 21.7 Å². The summed E-state index contributed by atoms with van der Waals surface area (Å²) in [6.45, 7) is 2.44. The van der Waals surface area contributed by atoms with Crippen LogP contribution in [-0.2, 0) is 15.8 Å². The number of ketones is 1. The largest absolute Gasteiger partial charge is 0.416 e. The van der Waals surface area contributed by atoms with Gasteiger partial charge in [0.25, 0.3) is 11.7 Å². The molecule has 2 N–H and O–H groups in total. The minimum atomic E-state index is -4.55.